The summed E-state index contributed by atoms with van der Waals surface area (Å²) in [5, 5.41) is 11.7. The van der Waals surface area contributed by atoms with E-state index < -0.39 is 5.91 Å². The molecule has 0 aromatic carbocycles. The molecular weight excluding hydrogens is 416 g/mol. The summed E-state index contributed by atoms with van der Waals surface area (Å²) in [6, 6.07) is 1.93. The Morgan fingerprint density at radius 2 is 2.18 bits per heavy atom. The number of carbonyl (C=O) groups excluding carboxylic acids is 1. The highest BCUT2D eigenvalue weighted by Gasteiger charge is 2.15. The number of aromatic nitrogens is 2. The van der Waals surface area contributed by atoms with Crippen LogP contribution in [0.25, 0.3) is 5.65 Å². The van der Waals surface area contributed by atoms with Gasteiger partial charge in [0, 0.05) is 10.7 Å². The van der Waals surface area contributed by atoms with Crippen molar-refractivity contribution >= 4 is 49.2 Å². The maximum atomic E-state index is 11.3. The number of halogens is 2. The Labute approximate surface area is 145 Å². The number of pyridine rings is 1. The highest BCUT2D eigenvalue weighted by atomic mass is 79.9. The normalized spacial score (nSPS) is 10.9. The van der Waals surface area contributed by atoms with E-state index in [0.29, 0.717) is 0 Å². The Balaban J connectivity index is 2.37. The van der Waals surface area contributed by atoms with Crippen LogP contribution in [0.2, 0.25) is 0 Å². The van der Waals surface area contributed by atoms with Gasteiger partial charge in [-0.15, -0.1) is 0 Å². The molecule has 3 N–H and O–H groups in total. The quantitative estimate of drug-likeness (QED) is 0.354. The van der Waals surface area contributed by atoms with Gasteiger partial charge >= 0.3 is 0 Å². The highest BCUT2D eigenvalue weighted by Crippen LogP contribution is 2.28. The van der Waals surface area contributed by atoms with Gasteiger partial charge in [-0.2, -0.15) is 0 Å². The van der Waals surface area contributed by atoms with Gasteiger partial charge in [0.1, 0.15) is 5.82 Å². The number of hydrogen-bond acceptors (Lipinski definition) is 4. The van der Waals surface area contributed by atoms with Crippen molar-refractivity contribution in [1.29, 1.82) is 0 Å². The van der Waals surface area contributed by atoms with Crippen LogP contribution >= 0.6 is 31.9 Å². The van der Waals surface area contributed by atoms with E-state index in [1.54, 1.807) is 5.48 Å². The molecule has 0 fully saturated rings. The number of nitrogens with one attached hydrogen (secondary N) is 2. The van der Waals surface area contributed by atoms with E-state index in [1.165, 1.54) is 0 Å². The number of amides is 1. The SMILES string of the molecule is CCCCCc1nc2c(Br)cc(Br)cn2c1NCC(=O)NO. The Bertz CT molecular complexity index is 672. The molecule has 1 amide bonds. The first-order valence-electron chi connectivity index (χ1n) is 7.09. The standard InChI is InChI=1S/C14H18Br2N4O2/c1-2-3-4-5-11-14(17-7-12(21)19-22)20-8-9(15)6-10(16)13(20)18-11/h6,8,17,22H,2-5,7H2,1H3,(H,19,21). The minimum Gasteiger partial charge on any atom is -0.360 e. The molecule has 120 valence electrons. The molecule has 0 atom stereocenters. The van der Waals surface area contributed by atoms with Crippen molar-refractivity contribution in [1.82, 2.24) is 14.9 Å². The van der Waals surface area contributed by atoms with Gasteiger partial charge < -0.3 is 5.32 Å². The first-order chi connectivity index (χ1) is 10.6. The van der Waals surface area contributed by atoms with E-state index in [2.05, 4.69) is 49.1 Å². The van der Waals surface area contributed by atoms with Crippen molar-refractivity contribution in [3.63, 3.8) is 0 Å². The number of hydroxylamine groups is 1. The fourth-order valence-electron chi connectivity index (χ4n) is 2.23. The van der Waals surface area contributed by atoms with Gasteiger partial charge in [-0.1, -0.05) is 19.8 Å². The van der Waals surface area contributed by atoms with Crippen molar-refractivity contribution in [2.24, 2.45) is 0 Å². The maximum Gasteiger partial charge on any atom is 0.262 e. The third kappa shape index (κ3) is 3.99. The Kier molecular flexibility index (Phi) is 6.22. The van der Waals surface area contributed by atoms with Gasteiger partial charge in [-0.3, -0.25) is 14.4 Å². The van der Waals surface area contributed by atoms with Crippen molar-refractivity contribution in [2.45, 2.75) is 32.6 Å². The highest BCUT2D eigenvalue weighted by molar-refractivity contribution is 9.11. The summed E-state index contributed by atoms with van der Waals surface area (Å²) in [7, 11) is 0. The number of imidazole rings is 1. The Morgan fingerprint density at radius 1 is 1.41 bits per heavy atom. The minimum absolute atomic E-state index is 0.0186. The first kappa shape index (κ1) is 17.2. The molecule has 0 radical (unpaired) electrons. The molecule has 2 heterocycles. The average molecular weight is 434 g/mol. The molecule has 0 saturated heterocycles. The maximum absolute atomic E-state index is 11.3. The van der Waals surface area contributed by atoms with E-state index in [0.717, 1.165) is 51.8 Å². The van der Waals surface area contributed by atoms with Crippen LogP contribution in [-0.2, 0) is 11.2 Å². The molecule has 2 rings (SSSR count). The number of unbranched alkanes of at least 4 members (excludes halogenated alkanes) is 2. The summed E-state index contributed by atoms with van der Waals surface area (Å²) in [5.74, 6) is 0.278. The molecule has 0 spiro atoms. The van der Waals surface area contributed by atoms with Crippen molar-refractivity contribution < 1.29 is 10.0 Å². The number of carbonyl (C=O) groups is 1. The van der Waals surface area contributed by atoms with Crippen molar-refractivity contribution in [3.8, 4) is 0 Å². The van der Waals surface area contributed by atoms with Crippen LogP contribution in [0.3, 0.4) is 0 Å². The number of aryl methyl sites for hydroxylation is 1. The minimum atomic E-state index is -0.497. The van der Waals surface area contributed by atoms with E-state index >= 15 is 0 Å². The molecule has 0 aliphatic carbocycles. The monoisotopic (exact) mass is 432 g/mol. The summed E-state index contributed by atoms with van der Waals surface area (Å²) >= 11 is 6.97. The van der Waals surface area contributed by atoms with Gasteiger partial charge in [0.25, 0.3) is 5.91 Å². The lowest BCUT2D eigenvalue weighted by atomic mass is 10.1. The fourth-order valence-corrected chi connectivity index (χ4v) is 3.49. The molecule has 0 unspecified atom stereocenters. The lowest BCUT2D eigenvalue weighted by molar-refractivity contribution is -0.127. The van der Waals surface area contributed by atoms with Crippen molar-refractivity contribution in [2.75, 3.05) is 11.9 Å². The molecule has 2 aromatic heterocycles. The lowest BCUT2D eigenvalue weighted by Crippen LogP contribution is -2.27. The molecule has 6 nitrogen and oxygen atoms in total. The number of anilines is 1. The van der Waals surface area contributed by atoms with Gasteiger partial charge in [-0.25, -0.2) is 10.5 Å². The van der Waals surface area contributed by atoms with Gasteiger partial charge in [-0.05, 0) is 50.8 Å². The van der Waals surface area contributed by atoms with Gasteiger partial charge in [0.15, 0.2) is 5.65 Å². The van der Waals surface area contributed by atoms with Crippen LogP contribution in [0, 0.1) is 0 Å². The largest absolute Gasteiger partial charge is 0.360 e. The zero-order valence-electron chi connectivity index (χ0n) is 12.2. The zero-order chi connectivity index (χ0) is 16.1. The smallest absolute Gasteiger partial charge is 0.262 e. The molecule has 0 aliphatic heterocycles. The molecule has 8 heteroatoms. The number of fused-ring (bicyclic) bond motifs is 1. The molecule has 0 aliphatic rings. The van der Waals surface area contributed by atoms with Crippen LogP contribution in [0.4, 0.5) is 5.82 Å². The molecule has 2 aromatic rings. The Morgan fingerprint density at radius 3 is 2.86 bits per heavy atom. The van der Waals surface area contributed by atoms with Crippen LogP contribution < -0.4 is 10.8 Å². The predicted molar refractivity (Wildman–Crippen MR) is 92.2 cm³/mol. The predicted octanol–water partition coefficient (Wildman–Crippen LogP) is 3.51. The topological polar surface area (TPSA) is 78.7 Å². The lowest BCUT2D eigenvalue weighted by Gasteiger charge is -2.08. The summed E-state index contributed by atoms with van der Waals surface area (Å²) in [6.45, 7) is 2.14. The third-order valence-corrected chi connectivity index (χ3v) is 4.29. The molecule has 22 heavy (non-hydrogen) atoms. The van der Waals surface area contributed by atoms with Crippen LogP contribution in [-0.4, -0.2) is 27.0 Å². The van der Waals surface area contributed by atoms with Gasteiger partial charge in [0.2, 0.25) is 0 Å². The second-order valence-electron chi connectivity index (χ2n) is 4.95. The summed E-state index contributed by atoms with van der Waals surface area (Å²) in [5.41, 5.74) is 3.33. The average Bonchev–Trinajstić information content (AvgIpc) is 2.83. The van der Waals surface area contributed by atoms with Gasteiger partial charge in [0.05, 0.1) is 16.7 Å². The summed E-state index contributed by atoms with van der Waals surface area (Å²) < 4.78 is 3.68. The van der Waals surface area contributed by atoms with E-state index in [-0.39, 0.29) is 6.54 Å². The number of rotatable bonds is 7. The fraction of sp³-hybridized carbons (Fsp3) is 0.429. The second kappa shape index (κ2) is 7.94. The summed E-state index contributed by atoms with van der Waals surface area (Å²) in [4.78, 5) is 15.9. The zero-order valence-corrected chi connectivity index (χ0v) is 15.4. The van der Waals surface area contributed by atoms with Crippen LogP contribution in [0.15, 0.2) is 21.2 Å². The van der Waals surface area contributed by atoms with Crippen LogP contribution in [0.1, 0.15) is 31.9 Å². The van der Waals surface area contributed by atoms with Crippen molar-refractivity contribution in [3.05, 3.63) is 26.9 Å². The number of nitrogens with zero attached hydrogens (tertiary/aromatic N) is 2. The third-order valence-electron chi connectivity index (χ3n) is 3.27. The Hall–Kier alpha value is -1.12. The number of hydrogen-bond donors (Lipinski definition) is 3. The van der Waals surface area contributed by atoms with Crippen LogP contribution in [0.5, 0.6) is 0 Å². The van der Waals surface area contributed by atoms with E-state index in [1.807, 2.05) is 16.7 Å². The second-order valence-corrected chi connectivity index (χ2v) is 6.72. The first-order valence-corrected chi connectivity index (χ1v) is 8.68. The van der Waals surface area contributed by atoms with E-state index in [4.69, 9.17) is 5.21 Å². The molecular formula is C14H18Br2N4O2. The van der Waals surface area contributed by atoms with E-state index in [9.17, 15) is 4.79 Å². The summed E-state index contributed by atoms with van der Waals surface area (Å²) in [6.07, 6.45) is 6.05. The molecule has 0 saturated carbocycles. The molecule has 0 bridgehead atoms.